The molecule has 5 rings (SSSR count). The normalized spacial score (nSPS) is 15.2. The van der Waals surface area contributed by atoms with Gasteiger partial charge in [0.05, 0.1) is 6.54 Å². The quantitative estimate of drug-likeness (QED) is 0.473. The average Bonchev–Trinajstić information content (AvgIpc) is 3.27. The minimum atomic E-state index is -0.296. The van der Waals surface area contributed by atoms with Crippen LogP contribution in [-0.2, 0) is 13.0 Å². The highest BCUT2D eigenvalue weighted by Crippen LogP contribution is 2.38. The number of rotatable bonds is 6. The van der Waals surface area contributed by atoms with Crippen molar-refractivity contribution >= 4 is 11.5 Å². The molecule has 0 fully saturated rings. The highest BCUT2D eigenvalue weighted by atomic mass is 16.7. The van der Waals surface area contributed by atoms with Crippen LogP contribution in [0.5, 0.6) is 17.2 Å². The lowest BCUT2D eigenvalue weighted by molar-refractivity contribution is 0.103. The van der Waals surface area contributed by atoms with Gasteiger partial charge in [0.25, 0.3) is 5.56 Å². The summed E-state index contributed by atoms with van der Waals surface area (Å²) in [6.45, 7) is 1.40. The monoisotopic (exact) mass is 431 g/mol. The van der Waals surface area contributed by atoms with E-state index < -0.39 is 0 Å². The van der Waals surface area contributed by atoms with Crippen molar-refractivity contribution in [1.29, 1.82) is 0 Å². The molecule has 2 aliphatic heterocycles. The largest absolute Gasteiger partial charge is 0.492 e. The molecule has 3 heterocycles. The first-order valence-corrected chi connectivity index (χ1v) is 10.4. The van der Waals surface area contributed by atoms with Crippen LogP contribution in [0.15, 0.2) is 65.5 Å². The molecular weight excluding hydrogens is 410 g/mol. The molecule has 32 heavy (non-hydrogen) atoms. The molecule has 2 aliphatic rings. The number of carbonyl (C=O) groups excluding carboxylic acids is 1. The van der Waals surface area contributed by atoms with Crippen LogP contribution in [0.3, 0.4) is 0 Å². The number of carbonyl (C=O) groups is 1. The molecule has 0 radical (unpaired) electrons. The summed E-state index contributed by atoms with van der Waals surface area (Å²) in [4.78, 5) is 25.1. The number of ether oxygens (including phenoxy) is 3. The maximum absolute atomic E-state index is 12.9. The molecule has 8 heteroatoms. The van der Waals surface area contributed by atoms with Crippen molar-refractivity contribution in [2.24, 2.45) is 0 Å². The molecule has 1 aromatic heterocycles. The summed E-state index contributed by atoms with van der Waals surface area (Å²) >= 11 is 0. The van der Waals surface area contributed by atoms with Crippen LogP contribution in [0.25, 0.3) is 5.70 Å². The van der Waals surface area contributed by atoms with E-state index in [9.17, 15) is 9.59 Å². The Morgan fingerprint density at radius 3 is 2.78 bits per heavy atom. The van der Waals surface area contributed by atoms with Crippen molar-refractivity contribution in [3.63, 3.8) is 0 Å². The third-order valence-electron chi connectivity index (χ3n) is 5.31. The Morgan fingerprint density at radius 2 is 1.94 bits per heavy atom. The standard InChI is InChI=1S/C24H21N3O5/c28-21(14-20-18-13-23-22(31-15-32-23)12-16(18)8-9-25-20)19-6-7-24(29)27(26-19)10-11-30-17-4-2-1-3-5-17/h1-7,12-14,25H,8-11,15H2. The lowest BCUT2D eigenvalue weighted by atomic mass is 9.96. The minimum Gasteiger partial charge on any atom is -0.492 e. The summed E-state index contributed by atoms with van der Waals surface area (Å²) in [7, 11) is 0. The van der Waals surface area contributed by atoms with Crippen LogP contribution < -0.4 is 25.1 Å². The van der Waals surface area contributed by atoms with Gasteiger partial charge in [-0.25, -0.2) is 4.68 Å². The molecule has 0 unspecified atom stereocenters. The molecule has 0 saturated heterocycles. The SMILES string of the molecule is O=C(C=C1NCCc2cc3c(cc21)OCO3)c1ccc(=O)n(CCOc2ccccc2)n1. The van der Waals surface area contributed by atoms with Gasteiger partial charge in [-0.3, -0.25) is 9.59 Å². The second kappa shape index (κ2) is 8.58. The fraction of sp³-hybridized carbons (Fsp3) is 0.208. The Labute approximate surface area is 184 Å². The number of hydrogen-bond donors (Lipinski definition) is 1. The smallest absolute Gasteiger partial charge is 0.266 e. The first kappa shape index (κ1) is 19.9. The average molecular weight is 431 g/mol. The molecule has 0 aliphatic carbocycles. The van der Waals surface area contributed by atoms with Gasteiger partial charge in [0.15, 0.2) is 11.5 Å². The summed E-state index contributed by atoms with van der Waals surface area (Å²) in [5.41, 5.74) is 2.58. The summed E-state index contributed by atoms with van der Waals surface area (Å²) in [6, 6.07) is 16.0. The van der Waals surface area contributed by atoms with Crippen LogP contribution in [0.2, 0.25) is 0 Å². The molecule has 0 saturated carbocycles. The first-order valence-electron chi connectivity index (χ1n) is 10.4. The topological polar surface area (TPSA) is 91.7 Å². The van der Waals surface area contributed by atoms with E-state index in [0.717, 1.165) is 23.3 Å². The van der Waals surface area contributed by atoms with Gasteiger partial charge in [-0.15, -0.1) is 0 Å². The summed E-state index contributed by atoms with van der Waals surface area (Å²) < 4.78 is 17.8. The summed E-state index contributed by atoms with van der Waals surface area (Å²) in [6.07, 6.45) is 2.33. The van der Waals surface area contributed by atoms with E-state index in [2.05, 4.69) is 10.4 Å². The predicted octanol–water partition coefficient (Wildman–Crippen LogP) is 2.42. The van der Waals surface area contributed by atoms with Gasteiger partial charge >= 0.3 is 0 Å². The van der Waals surface area contributed by atoms with E-state index in [1.165, 1.54) is 22.9 Å². The van der Waals surface area contributed by atoms with Crippen LogP contribution >= 0.6 is 0 Å². The third-order valence-corrected chi connectivity index (χ3v) is 5.31. The van der Waals surface area contributed by atoms with Crippen LogP contribution in [0.4, 0.5) is 0 Å². The van der Waals surface area contributed by atoms with E-state index in [0.29, 0.717) is 23.7 Å². The third kappa shape index (κ3) is 4.07. The molecule has 2 aromatic carbocycles. The van der Waals surface area contributed by atoms with Crippen molar-refractivity contribution < 1.29 is 19.0 Å². The van der Waals surface area contributed by atoms with E-state index >= 15 is 0 Å². The van der Waals surface area contributed by atoms with Gasteiger partial charge in [-0.2, -0.15) is 5.10 Å². The molecule has 0 bridgehead atoms. The number of nitrogens with one attached hydrogen (secondary N) is 1. The van der Waals surface area contributed by atoms with E-state index in [-0.39, 0.29) is 37.0 Å². The van der Waals surface area contributed by atoms with Crippen molar-refractivity contribution in [1.82, 2.24) is 15.1 Å². The van der Waals surface area contributed by atoms with Crippen LogP contribution in [-0.4, -0.2) is 35.5 Å². The number of nitrogens with zero attached hydrogens (tertiary/aromatic N) is 2. The van der Waals surface area contributed by atoms with Gasteiger partial charge < -0.3 is 19.5 Å². The van der Waals surface area contributed by atoms with Crippen LogP contribution in [0, 0.1) is 0 Å². The van der Waals surface area contributed by atoms with Gasteiger partial charge in [0, 0.05) is 29.9 Å². The molecule has 0 amide bonds. The lowest BCUT2D eigenvalue weighted by Gasteiger charge is -2.21. The van der Waals surface area contributed by atoms with Crippen molar-refractivity contribution in [3.8, 4) is 17.2 Å². The van der Waals surface area contributed by atoms with Crippen molar-refractivity contribution in [2.45, 2.75) is 13.0 Å². The van der Waals surface area contributed by atoms with Crippen LogP contribution in [0.1, 0.15) is 21.6 Å². The first-order chi connectivity index (χ1) is 15.7. The summed E-state index contributed by atoms with van der Waals surface area (Å²) in [5.74, 6) is 1.80. The lowest BCUT2D eigenvalue weighted by Crippen LogP contribution is -2.27. The predicted molar refractivity (Wildman–Crippen MR) is 117 cm³/mol. The zero-order valence-corrected chi connectivity index (χ0v) is 17.2. The minimum absolute atomic E-state index is 0.187. The zero-order chi connectivity index (χ0) is 21.9. The number of aromatic nitrogens is 2. The Hall–Kier alpha value is -4.07. The molecule has 0 spiro atoms. The highest BCUT2D eigenvalue weighted by molar-refractivity contribution is 6.07. The maximum Gasteiger partial charge on any atom is 0.266 e. The Morgan fingerprint density at radius 1 is 1.12 bits per heavy atom. The molecular formula is C24H21N3O5. The zero-order valence-electron chi connectivity index (χ0n) is 17.2. The molecule has 3 aromatic rings. The summed E-state index contributed by atoms with van der Waals surface area (Å²) in [5, 5.41) is 7.51. The molecule has 8 nitrogen and oxygen atoms in total. The number of ketones is 1. The number of fused-ring (bicyclic) bond motifs is 2. The van der Waals surface area contributed by atoms with Gasteiger partial charge in [0.2, 0.25) is 12.6 Å². The number of allylic oxidation sites excluding steroid dienone is 1. The highest BCUT2D eigenvalue weighted by Gasteiger charge is 2.22. The fourth-order valence-electron chi connectivity index (χ4n) is 3.71. The Balaban J connectivity index is 1.35. The Kier molecular flexibility index (Phi) is 5.33. The van der Waals surface area contributed by atoms with Gasteiger partial charge in [-0.05, 0) is 42.3 Å². The number of benzene rings is 2. The van der Waals surface area contributed by atoms with E-state index in [1.54, 1.807) is 0 Å². The number of para-hydroxylation sites is 1. The maximum atomic E-state index is 12.9. The van der Waals surface area contributed by atoms with E-state index in [1.807, 2.05) is 42.5 Å². The van der Waals surface area contributed by atoms with Crippen molar-refractivity contribution in [3.05, 3.63) is 87.8 Å². The Bertz CT molecular complexity index is 1250. The van der Waals surface area contributed by atoms with Crippen molar-refractivity contribution in [2.75, 3.05) is 19.9 Å². The molecule has 162 valence electrons. The second-order valence-corrected chi connectivity index (χ2v) is 7.40. The van der Waals surface area contributed by atoms with E-state index in [4.69, 9.17) is 14.2 Å². The fourth-order valence-corrected chi connectivity index (χ4v) is 3.71. The molecule has 1 N–H and O–H groups in total. The van der Waals surface area contributed by atoms with Gasteiger partial charge in [-0.1, -0.05) is 18.2 Å². The second-order valence-electron chi connectivity index (χ2n) is 7.40. The van der Waals surface area contributed by atoms with Gasteiger partial charge in [0.1, 0.15) is 18.1 Å². The number of hydrogen-bond acceptors (Lipinski definition) is 7. The molecule has 0 atom stereocenters.